The summed E-state index contributed by atoms with van der Waals surface area (Å²) in [4.78, 5) is 31.6. The molecule has 0 atom stereocenters. The smallest absolute Gasteiger partial charge is 0.261 e. The Morgan fingerprint density at radius 1 is 1.32 bits per heavy atom. The van der Waals surface area contributed by atoms with Gasteiger partial charge in [-0.25, -0.2) is 4.98 Å². The normalized spacial score (nSPS) is 11.0. The maximum absolute atomic E-state index is 13.0. The van der Waals surface area contributed by atoms with Crippen LogP contribution in [0.4, 0.5) is 0 Å². The largest absolute Gasteiger partial charge is 0.463 e. The van der Waals surface area contributed by atoms with Crippen molar-refractivity contribution in [3.63, 3.8) is 0 Å². The van der Waals surface area contributed by atoms with Crippen LogP contribution in [-0.2, 0) is 13.6 Å². The molecule has 0 aliphatic carbocycles. The third kappa shape index (κ3) is 3.47. The van der Waals surface area contributed by atoms with Gasteiger partial charge in [0, 0.05) is 26.0 Å². The number of aryl methyl sites for hydroxylation is 1. The van der Waals surface area contributed by atoms with Gasteiger partial charge in [0.15, 0.2) is 0 Å². The second-order valence-corrected chi connectivity index (χ2v) is 6.01. The zero-order valence-corrected chi connectivity index (χ0v) is 14.4. The van der Waals surface area contributed by atoms with E-state index in [2.05, 4.69) is 11.9 Å². The zero-order valence-electron chi connectivity index (χ0n) is 14.4. The number of amides is 1. The van der Waals surface area contributed by atoms with E-state index >= 15 is 0 Å². The van der Waals surface area contributed by atoms with Crippen molar-refractivity contribution in [2.75, 3.05) is 6.54 Å². The van der Waals surface area contributed by atoms with Gasteiger partial charge in [-0.15, -0.1) is 0 Å². The van der Waals surface area contributed by atoms with Crippen molar-refractivity contribution in [1.82, 2.24) is 14.5 Å². The molecular weight excluding hydrogens is 318 g/mol. The Morgan fingerprint density at radius 3 is 2.84 bits per heavy atom. The molecule has 6 nitrogen and oxygen atoms in total. The van der Waals surface area contributed by atoms with Gasteiger partial charge in [0.25, 0.3) is 5.91 Å². The van der Waals surface area contributed by atoms with Gasteiger partial charge in [-0.1, -0.05) is 25.5 Å². The van der Waals surface area contributed by atoms with Gasteiger partial charge in [-0.3, -0.25) is 9.59 Å². The number of hydrogen-bond acceptors (Lipinski definition) is 4. The first-order valence-corrected chi connectivity index (χ1v) is 8.37. The summed E-state index contributed by atoms with van der Waals surface area (Å²) in [6, 6.07) is 6.94. The van der Waals surface area contributed by atoms with Gasteiger partial charge < -0.3 is 13.9 Å². The maximum Gasteiger partial charge on any atom is 0.261 e. The van der Waals surface area contributed by atoms with E-state index in [9.17, 15) is 9.59 Å². The lowest BCUT2D eigenvalue weighted by Gasteiger charge is -2.22. The van der Waals surface area contributed by atoms with Crippen molar-refractivity contribution in [2.45, 2.75) is 26.3 Å². The van der Waals surface area contributed by atoms with E-state index in [0.717, 1.165) is 18.7 Å². The molecule has 2 aromatic heterocycles. The number of aromatic nitrogens is 2. The second kappa shape index (κ2) is 7.34. The Morgan fingerprint density at radius 2 is 2.12 bits per heavy atom. The molecule has 2 heterocycles. The lowest BCUT2D eigenvalue weighted by molar-refractivity contribution is 0.0732. The van der Waals surface area contributed by atoms with Gasteiger partial charge in [0.1, 0.15) is 23.2 Å². The van der Waals surface area contributed by atoms with Crippen molar-refractivity contribution in [2.24, 2.45) is 7.05 Å². The molecule has 0 unspecified atom stereocenters. The standard InChI is InChI=1S/C19H21N3O3/c1-3-4-10-22(12-17-20-9-11-21(17)2)19(24)15-13-25-16-8-6-5-7-14(16)18(15)23/h5-9,11,13H,3-4,10,12H2,1-2H3. The highest BCUT2D eigenvalue weighted by Crippen LogP contribution is 2.13. The predicted molar refractivity (Wildman–Crippen MR) is 95.3 cm³/mol. The van der Waals surface area contributed by atoms with Crippen LogP contribution in [0.1, 0.15) is 35.9 Å². The first-order chi connectivity index (χ1) is 12.1. The van der Waals surface area contributed by atoms with Crippen LogP contribution in [0.2, 0.25) is 0 Å². The second-order valence-electron chi connectivity index (χ2n) is 6.01. The van der Waals surface area contributed by atoms with E-state index in [1.54, 1.807) is 35.4 Å². The zero-order chi connectivity index (χ0) is 17.8. The summed E-state index contributed by atoms with van der Waals surface area (Å²) >= 11 is 0. The SMILES string of the molecule is CCCCN(Cc1nccn1C)C(=O)c1coc2ccccc2c1=O. The number of rotatable bonds is 6. The van der Waals surface area contributed by atoms with E-state index < -0.39 is 0 Å². The van der Waals surface area contributed by atoms with Crippen LogP contribution in [0.25, 0.3) is 11.0 Å². The molecule has 0 bridgehead atoms. The molecule has 0 N–H and O–H groups in total. The number of hydrogen-bond donors (Lipinski definition) is 0. The van der Waals surface area contributed by atoms with Crippen LogP contribution in [-0.4, -0.2) is 26.9 Å². The van der Waals surface area contributed by atoms with Crippen LogP contribution in [0.15, 0.2) is 52.1 Å². The van der Waals surface area contributed by atoms with Crippen molar-refractivity contribution in [3.8, 4) is 0 Å². The molecular formula is C19H21N3O3. The Kier molecular flexibility index (Phi) is 4.97. The first kappa shape index (κ1) is 17.0. The molecule has 0 radical (unpaired) electrons. The minimum atomic E-state index is -0.323. The fraction of sp³-hybridized carbons (Fsp3) is 0.316. The number of nitrogens with zero attached hydrogens (tertiary/aromatic N) is 3. The van der Waals surface area contributed by atoms with E-state index in [-0.39, 0.29) is 16.9 Å². The molecule has 0 saturated heterocycles. The highest BCUT2D eigenvalue weighted by Gasteiger charge is 2.22. The van der Waals surface area contributed by atoms with Gasteiger partial charge in [-0.05, 0) is 18.6 Å². The van der Waals surface area contributed by atoms with Crippen LogP contribution >= 0.6 is 0 Å². The summed E-state index contributed by atoms with van der Waals surface area (Å²) in [5, 5.41) is 0.417. The lowest BCUT2D eigenvalue weighted by Crippen LogP contribution is -2.35. The average Bonchev–Trinajstić information content (AvgIpc) is 3.03. The molecule has 0 aliphatic heterocycles. The number of fused-ring (bicyclic) bond motifs is 1. The quantitative estimate of drug-likeness (QED) is 0.692. The molecule has 0 spiro atoms. The van der Waals surface area contributed by atoms with Gasteiger partial charge in [0.2, 0.25) is 5.43 Å². The van der Waals surface area contributed by atoms with Gasteiger partial charge in [-0.2, -0.15) is 0 Å². The highest BCUT2D eigenvalue weighted by atomic mass is 16.3. The summed E-state index contributed by atoms with van der Waals surface area (Å²) in [6.07, 6.45) is 6.61. The predicted octanol–water partition coefficient (Wildman–Crippen LogP) is 2.97. The topological polar surface area (TPSA) is 68.3 Å². The minimum absolute atomic E-state index is 0.0593. The number of unbranched alkanes of at least 4 members (excludes halogenated alkanes) is 1. The molecule has 1 aromatic carbocycles. The number of benzene rings is 1. The summed E-state index contributed by atoms with van der Waals surface area (Å²) in [6.45, 7) is 2.98. The molecule has 25 heavy (non-hydrogen) atoms. The summed E-state index contributed by atoms with van der Waals surface area (Å²) in [5.41, 5.74) is 0.241. The molecule has 3 aromatic rings. The molecule has 0 aliphatic rings. The Hall–Kier alpha value is -2.89. The molecule has 0 fully saturated rings. The summed E-state index contributed by atoms with van der Waals surface area (Å²) in [5.74, 6) is 0.450. The fourth-order valence-corrected chi connectivity index (χ4v) is 2.72. The Bertz CT molecular complexity index is 942. The van der Waals surface area contributed by atoms with E-state index in [1.165, 1.54) is 6.26 Å². The Labute approximate surface area is 145 Å². The number of carbonyl (C=O) groups is 1. The molecule has 3 rings (SSSR count). The van der Waals surface area contributed by atoms with E-state index in [1.807, 2.05) is 17.8 Å². The molecule has 0 saturated carbocycles. The minimum Gasteiger partial charge on any atom is -0.463 e. The van der Waals surface area contributed by atoms with Crippen LogP contribution in [0.3, 0.4) is 0 Å². The molecule has 1 amide bonds. The summed E-state index contributed by atoms with van der Waals surface area (Å²) < 4.78 is 7.36. The van der Waals surface area contributed by atoms with E-state index in [0.29, 0.717) is 24.1 Å². The maximum atomic E-state index is 13.0. The Balaban J connectivity index is 1.95. The highest BCUT2D eigenvalue weighted by molar-refractivity contribution is 5.96. The molecule has 130 valence electrons. The van der Waals surface area contributed by atoms with Crippen molar-refractivity contribution >= 4 is 16.9 Å². The number of imidazole rings is 1. The fourth-order valence-electron chi connectivity index (χ4n) is 2.72. The van der Waals surface area contributed by atoms with E-state index in [4.69, 9.17) is 4.42 Å². The van der Waals surface area contributed by atoms with Crippen molar-refractivity contribution in [3.05, 3.63) is 64.5 Å². The third-order valence-corrected chi connectivity index (χ3v) is 4.23. The van der Waals surface area contributed by atoms with Crippen LogP contribution in [0, 0.1) is 0 Å². The summed E-state index contributed by atoms with van der Waals surface area (Å²) in [7, 11) is 1.88. The third-order valence-electron chi connectivity index (χ3n) is 4.23. The number of carbonyl (C=O) groups excluding carboxylic acids is 1. The molecule has 6 heteroatoms. The van der Waals surface area contributed by atoms with Crippen LogP contribution < -0.4 is 5.43 Å². The van der Waals surface area contributed by atoms with Gasteiger partial charge in [0.05, 0.1) is 11.9 Å². The van der Waals surface area contributed by atoms with Crippen molar-refractivity contribution < 1.29 is 9.21 Å². The average molecular weight is 339 g/mol. The monoisotopic (exact) mass is 339 g/mol. The number of para-hydroxylation sites is 1. The van der Waals surface area contributed by atoms with Gasteiger partial charge >= 0.3 is 0 Å². The lowest BCUT2D eigenvalue weighted by atomic mass is 10.1. The first-order valence-electron chi connectivity index (χ1n) is 8.37. The van der Waals surface area contributed by atoms with Crippen molar-refractivity contribution in [1.29, 1.82) is 0 Å². The van der Waals surface area contributed by atoms with Crippen LogP contribution in [0.5, 0.6) is 0 Å².